The largest absolute Gasteiger partial charge is 0.544 e. The fraction of sp³-hybridized carbons (Fsp3) is 0.765. The van der Waals surface area contributed by atoms with Crippen LogP contribution in [0.15, 0.2) is 0 Å². The van der Waals surface area contributed by atoms with Crippen molar-refractivity contribution in [2.75, 3.05) is 126 Å². The van der Waals surface area contributed by atoms with E-state index in [4.69, 9.17) is 0 Å². The van der Waals surface area contributed by atoms with Crippen LogP contribution in [0.25, 0.3) is 0 Å². The molecule has 0 unspecified atom stereocenters. The number of hydrogen-bond donors (Lipinski definition) is 6. The van der Waals surface area contributed by atoms with Crippen LogP contribution in [0.5, 0.6) is 0 Å². The van der Waals surface area contributed by atoms with Crippen molar-refractivity contribution in [3.63, 3.8) is 0 Å². The number of anilines is 6. The number of unbranched alkanes of at least 4 members (excludes halogenated alkanes) is 6. The van der Waals surface area contributed by atoms with Crippen molar-refractivity contribution in [1.82, 2.24) is 29.9 Å². The summed E-state index contributed by atoms with van der Waals surface area (Å²) in [5.74, 6) is 0.492. The van der Waals surface area contributed by atoms with Gasteiger partial charge in [-0.15, -0.1) is 0 Å². The summed E-state index contributed by atoms with van der Waals surface area (Å²) >= 11 is 0. The Morgan fingerprint density at radius 3 is 0.981 bits per heavy atom. The first-order chi connectivity index (χ1) is 24.8. The maximum Gasteiger partial charge on any atom is 0.229 e. The summed E-state index contributed by atoms with van der Waals surface area (Å²) in [6, 6.07) is 0. The molecule has 0 atom stereocenters. The van der Waals surface area contributed by atoms with Gasteiger partial charge >= 0.3 is 0 Å². The first-order valence-corrected chi connectivity index (χ1v) is 18.8. The van der Waals surface area contributed by atoms with Gasteiger partial charge in [0.15, 0.2) is 0 Å². The van der Waals surface area contributed by atoms with Gasteiger partial charge in [0.2, 0.25) is 35.7 Å². The van der Waals surface area contributed by atoms with E-state index in [0.717, 1.165) is 64.5 Å². The van der Waals surface area contributed by atoms with Crippen molar-refractivity contribution < 1.29 is 28.8 Å². The molecule has 2 rings (SSSR count). The van der Waals surface area contributed by atoms with E-state index >= 15 is 0 Å². The fourth-order valence-electron chi connectivity index (χ4n) is 5.35. The lowest BCUT2D eigenvalue weighted by atomic mass is 10.2. The molecule has 0 aliphatic heterocycles. The van der Waals surface area contributed by atoms with E-state index in [2.05, 4.69) is 75.7 Å². The Kier molecular flexibility index (Phi) is 20.3. The van der Waals surface area contributed by atoms with E-state index in [1.54, 1.807) is 0 Å². The van der Waals surface area contributed by atoms with E-state index in [1.165, 1.54) is 12.8 Å². The number of aliphatic carboxylic acids is 2. The summed E-state index contributed by atoms with van der Waals surface area (Å²) in [6.07, 6.45) is 10.4. The molecule has 0 radical (unpaired) electrons. The second kappa shape index (κ2) is 24.0. The van der Waals surface area contributed by atoms with Crippen molar-refractivity contribution in [2.45, 2.75) is 78.1 Å². The van der Waals surface area contributed by atoms with Gasteiger partial charge in [-0.25, -0.2) is 0 Å². The minimum Gasteiger partial charge on any atom is -0.544 e. The Balaban J connectivity index is 2.03. The Labute approximate surface area is 309 Å². The molecule has 0 saturated carbocycles. The molecule has 18 heteroatoms. The molecule has 0 spiro atoms. The van der Waals surface area contributed by atoms with Gasteiger partial charge in [-0.1, -0.05) is 52.4 Å². The van der Waals surface area contributed by atoms with Crippen LogP contribution in [0, 0.1) is 0 Å². The number of hydrogen-bond acceptors (Lipinski definition) is 16. The molecule has 0 saturated heterocycles. The highest BCUT2D eigenvalue weighted by molar-refractivity contribution is 5.65. The van der Waals surface area contributed by atoms with Crippen molar-refractivity contribution >= 4 is 47.6 Å². The summed E-state index contributed by atoms with van der Waals surface area (Å²) in [7, 11) is 7.45. The molecule has 2 heterocycles. The molecule has 6 N–H and O–H groups in total. The molecule has 0 aromatic carbocycles. The minimum atomic E-state index is -1.07. The van der Waals surface area contributed by atoms with Crippen LogP contribution in [-0.2, 0) is 9.59 Å². The van der Waals surface area contributed by atoms with Gasteiger partial charge in [-0.3, -0.25) is 0 Å². The number of nitrogens with zero attached hydrogens (tertiary/aromatic N) is 8. The molecular formula is C34H64N14O4. The van der Waals surface area contributed by atoms with Crippen molar-refractivity contribution in [2.24, 2.45) is 0 Å². The third kappa shape index (κ3) is 20.5. The zero-order chi connectivity index (χ0) is 38.2. The Bertz CT molecular complexity index is 1230. The van der Waals surface area contributed by atoms with E-state index in [9.17, 15) is 19.8 Å². The number of nitrogens with one attached hydrogen (secondary N) is 6. The lowest BCUT2D eigenvalue weighted by molar-refractivity contribution is -0.884. The van der Waals surface area contributed by atoms with Gasteiger partial charge in [0.25, 0.3) is 0 Å². The lowest BCUT2D eigenvalue weighted by Crippen LogP contribution is -2.49. The topological polar surface area (TPSA) is 230 Å². The average Bonchev–Trinajstić information content (AvgIpc) is 3.06. The number of quaternary nitrogens is 2. The molecule has 0 bridgehead atoms. The molecule has 52 heavy (non-hydrogen) atoms. The third-order valence-corrected chi connectivity index (χ3v) is 8.15. The van der Waals surface area contributed by atoms with Gasteiger partial charge in [-0.2, -0.15) is 29.9 Å². The molecular weight excluding hydrogens is 668 g/mol. The molecule has 0 fully saturated rings. The smallest absolute Gasteiger partial charge is 0.229 e. The molecule has 0 amide bonds. The average molecular weight is 733 g/mol. The van der Waals surface area contributed by atoms with E-state index in [1.807, 2.05) is 28.2 Å². The molecule has 0 aliphatic rings. The summed E-state index contributed by atoms with van der Waals surface area (Å²) in [6.45, 7) is 9.13. The Hall–Kier alpha value is -4.32. The van der Waals surface area contributed by atoms with Crippen molar-refractivity contribution in [1.29, 1.82) is 0 Å². The highest BCUT2D eigenvalue weighted by Gasteiger charge is 2.16. The van der Waals surface area contributed by atoms with E-state index in [-0.39, 0.29) is 13.1 Å². The van der Waals surface area contributed by atoms with Gasteiger partial charge in [0.1, 0.15) is 13.1 Å². The first kappa shape index (κ1) is 43.8. The lowest BCUT2D eigenvalue weighted by Gasteiger charge is -2.30. The number of likely N-dealkylation sites (N-methyl/N-ethyl adjacent to an activating group) is 2. The summed E-state index contributed by atoms with van der Waals surface area (Å²) in [4.78, 5) is 49.5. The van der Waals surface area contributed by atoms with Crippen LogP contribution in [-0.4, -0.2) is 144 Å². The highest BCUT2D eigenvalue weighted by atomic mass is 16.4. The molecule has 18 nitrogen and oxygen atoms in total. The van der Waals surface area contributed by atoms with Crippen LogP contribution in [0.1, 0.15) is 78.1 Å². The van der Waals surface area contributed by atoms with Crippen LogP contribution < -0.4 is 42.1 Å². The van der Waals surface area contributed by atoms with Crippen molar-refractivity contribution in [3.05, 3.63) is 0 Å². The van der Waals surface area contributed by atoms with Crippen LogP contribution in [0.3, 0.4) is 0 Å². The number of carbonyl (C=O) groups is 2. The normalized spacial score (nSPS) is 11.6. The summed E-state index contributed by atoms with van der Waals surface area (Å²) < 4.78 is 0.649. The summed E-state index contributed by atoms with van der Waals surface area (Å²) in [5.41, 5.74) is 0. The number of carboxylic acids is 2. The standard InChI is InChI=1S/C34H64N14O4/c1-7-9-11-13-17-35-29-41-31(37-19-15-23-47(3,4)25-27(49)50)45-33(43-29)39-21-22-40-34-44-30(36-18-14-12-10-8-2)42-32(46-34)38-20-16-24-48(5,6)26-28(51)52/h7-26H2,1-6H3,(H6-2,35,36,37,38,39,40,41,42,43,44,45,46,49,50,51,52). The van der Waals surface area contributed by atoms with Crippen molar-refractivity contribution in [3.8, 4) is 0 Å². The number of rotatable bonds is 31. The molecule has 2 aromatic rings. The highest BCUT2D eigenvalue weighted by Crippen LogP contribution is 2.13. The van der Waals surface area contributed by atoms with E-state index in [0.29, 0.717) is 83.9 Å². The van der Waals surface area contributed by atoms with Crippen LogP contribution >= 0.6 is 0 Å². The second-order valence-electron chi connectivity index (χ2n) is 14.4. The van der Waals surface area contributed by atoms with Crippen LogP contribution in [0.2, 0.25) is 0 Å². The number of carboxylic acid groups (broad SMARTS) is 2. The predicted octanol–water partition coefficient (Wildman–Crippen LogP) is 0.822. The molecule has 294 valence electrons. The maximum absolute atomic E-state index is 11.1. The number of aromatic nitrogens is 6. The van der Waals surface area contributed by atoms with Gasteiger partial charge in [0, 0.05) is 52.1 Å². The van der Waals surface area contributed by atoms with Gasteiger partial charge < -0.3 is 60.7 Å². The monoisotopic (exact) mass is 733 g/mol. The SMILES string of the molecule is CCCCCCNc1nc(NCCC[N+](C)(C)CC(=O)[O-])nc(NCCNc2nc(NCCCCCC)nc(NCCC[N+](C)(C)CC(=O)[O-])n2)n1. The van der Waals surface area contributed by atoms with Gasteiger partial charge in [-0.05, 0) is 12.8 Å². The quantitative estimate of drug-likeness (QED) is 0.0466. The minimum absolute atomic E-state index is 0.0501. The Morgan fingerprint density at radius 1 is 0.442 bits per heavy atom. The maximum atomic E-state index is 11.1. The summed E-state index contributed by atoms with van der Waals surface area (Å²) in [5, 5.41) is 41.8. The van der Waals surface area contributed by atoms with Gasteiger partial charge in [0.05, 0.1) is 53.2 Å². The number of carbonyl (C=O) groups excluding carboxylic acids is 2. The zero-order valence-electron chi connectivity index (χ0n) is 32.4. The Morgan fingerprint density at radius 2 is 0.712 bits per heavy atom. The first-order valence-electron chi connectivity index (χ1n) is 18.8. The van der Waals surface area contributed by atoms with E-state index < -0.39 is 11.9 Å². The molecule has 2 aromatic heterocycles. The molecule has 0 aliphatic carbocycles. The van der Waals surface area contributed by atoms with Crippen LogP contribution in [0.4, 0.5) is 35.7 Å². The fourth-order valence-corrected chi connectivity index (χ4v) is 5.35. The predicted molar refractivity (Wildman–Crippen MR) is 202 cm³/mol. The zero-order valence-corrected chi connectivity index (χ0v) is 32.4. The second-order valence-corrected chi connectivity index (χ2v) is 14.4. The third-order valence-electron chi connectivity index (χ3n) is 8.15.